The average Bonchev–Trinajstić information content (AvgIpc) is 2.64. The molecular formula is C19H24N2O4S. The normalized spacial score (nSPS) is 12.5. The van der Waals surface area contributed by atoms with Gasteiger partial charge in [-0.05, 0) is 48.7 Å². The number of carbonyl (C=O) groups excluding carboxylic acids is 1. The van der Waals surface area contributed by atoms with Crippen molar-refractivity contribution in [2.45, 2.75) is 31.2 Å². The van der Waals surface area contributed by atoms with Crippen LogP contribution in [0, 0.1) is 0 Å². The van der Waals surface area contributed by atoms with Gasteiger partial charge in [-0.25, -0.2) is 13.6 Å². The molecule has 0 aliphatic carbocycles. The number of ether oxygens (including phenoxy) is 1. The summed E-state index contributed by atoms with van der Waals surface area (Å²) in [6.07, 6.45) is 0.948. The van der Waals surface area contributed by atoms with Gasteiger partial charge in [-0.3, -0.25) is 4.79 Å². The molecule has 0 spiro atoms. The predicted molar refractivity (Wildman–Crippen MR) is 100 cm³/mol. The Kier molecular flexibility index (Phi) is 6.39. The maximum absolute atomic E-state index is 12.4. The van der Waals surface area contributed by atoms with Gasteiger partial charge in [-0.1, -0.05) is 31.2 Å². The lowest BCUT2D eigenvalue weighted by Gasteiger charge is -2.25. The van der Waals surface area contributed by atoms with E-state index in [0.29, 0.717) is 5.75 Å². The molecular weight excluding hydrogens is 352 g/mol. The van der Waals surface area contributed by atoms with Gasteiger partial charge >= 0.3 is 0 Å². The average molecular weight is 376 g/mol. The number of aryl methyl sites for hydroxylation is 1. The van der Waals surface area contributed by atoms with Crippen LogP contribution in [0.5, 0.6) is 5.75 Å². The third-order valence-electron chi connectivity index (χ3n) is 4.36. The van der Waals surface area contributed by atoms with Gasteiger partial charge in [0.05, 0.1) is 10.9 Å². The minimum Gasteiger partial charge on any atom is -0.484 e. The molecule has 1 amide bonds. The molecule has 2 aromatic carbocycles. The maximum atomic E-state index is 12.4. The Morgan fingerprint density at radius 1 is 1.12 bits per heavy atom. The van der Waals surface area contributed by atoms with E-state index in [1.165, 1.54) is 17.7 Å². The lowest BCUT2D eigenvalue weighted by Crippen LogP contribution is -2.33. The Bertz CT molecular complexity index is 846. The van der Waals surface area contributed by atoms with Crippen LogP contribution in [-0.4, -0.2) is 32.9 Å². The number of hydrogen-bond acceptors (Lipinski definition) is 4. The number of primary sulfonamides is 1. The summed E-state index contributed by atoms with van der Waals surface area (Å²) in [5, 5.41) is 5.10. The SMILES string of the molecule is CCc1ccc(OCC(=O)N(C)C(C)c2ccc(S(N)(=O)=O)cc2)cc1. The molecule has 1 atom stereocenters. The Morgan fingerprint density at radius 3 is 2.19 bits per heavy atom. The molecule has 0 radical (unpaired) electrons. The highest BCUT2D eigenvalue weighted by molar-refractivity contribution is 7.89. The molecule has 0 saturated heterocycles. The van der Waals surface area contributed by atoms with E-state index < -0.39 is 10.0 Å². The van der Waals surface area contributed by atoms with Crippen molar-refractivity contribution >= 4 is 15.9 Å². The molecule has 1 unspecified atom stereocenters. The smallest absolute Gasteiger partial charge is 0.260 e. The number of hydrogen-bond donors (Lipinski definition) is 1. The van der Waals surface area contributed by atoms with Crippen molar-refractivity contribution in [3.8, 4) is 5.75 Å². The van der Waals surface area contributed by atoms with Gasteiger partial charge in [0.25, 0.3) is 5.91 Å². The number of sulfonamides is 1. The third-order valence-corrected chi connectivity index (χ3v) is 5.29. The minimum atomic E-state index is -3.73. The van der Waals surface area contributed by atoms with Crippen molar-refractivity contribution in [2.75, 3.05) is 13.7 Å². The van der Waals surface area contributed by atoms with E-state index in [4.69, 9.17) is 9.88 Å². The van der Waals surface area contributed by atoms with Crippen LogP contribution in [0.3, 0.4) is 0 Å². The van der Waals surface area contributed by atoms with Crippen LogP contribution in [0.25, 0.3) is 0 Å². The minimum absolute atomic E-state index is 0.0429. The number of amides is 1. The van der Waals surface area contributed by atoms with Crippen LogP contribution < -0.4 is 9.88 Å². The van der Waals surface area contributed by atoms with E-state index in [1.54, 1.807) is 24.1 Å². The molecule has 0 bridgehead atoms. The van der Waals surface area contributed by atoms with Gasteiger partial charge in [0.2, 0.25) is 10.0 Å². The van der Waals surface area contributed by atoms with E-state index in [-0.39, 0.29) is 23.5 Å². The second kappa shape index (κ2) is 8.33. The summed E-state index contributed by atoms with van der Waals surface area (Å²) in [6, 6.07) is 13.6. The summed E-state index contributed by atoms with van der Waals surface area (Å²) in [5.74, 6) is 0.474. The van der Waals surface area contributed by atoms with Crippen LogP contribution in [-0.2, 0) is 21.2 Å². The van der Waals surface area contributed by atoms with E-state index in [2.05, 4.69) is 6.92 Å². The summed E-state index contributed by atoms with van der Waals surface area (Å²) in [6.45, 7) is 3.87. The summed E-state index contributed by atoms with van der Waals surface area (Å²) in [4.78, 5) is 14.0. The van der Waals surface area contributed by atoms with Gasteiger partial charge in [0, 0.05) is 7.05 Å². The molecule has 6 nitrogen and oxygen atoms in total. The Balaban J connectivity index is 1.97. The van der Waals surface area contributed by atoms with Gasteiger partial charge in [-0.2, -0.15) is 0 Å². The summed E-state index contributed by atoms with van der Waals surface area (Å²) < 4.78 is 28.2. The van der Waals surface area contributed by atoms with Crippen molar-refractivity contribution in [2.24, 2.45) is 5.14 Å². The van der Waals surface area contributed by atoms with Crippen molar-refractivity contribution in [3.63, 3.8) is 0 Å². The van der Waals surface area contributed by atoms with E-state index in [9.17, 15) is 13.2 Å². The summed E-state index contributed by atoms with van der Waals surface area (Å²) >= 11 is 0. The number of carbonyl (C=O) groups is 1. The molecule has 0 aromatic heterocycles. The number of likely N-dealkylation sites (N-methyl/N-ethyl adjacent to an activating group) is 1. The lowest BCUT2D eigenvalue weighted by atomic mass is 10.1. The first-order chi connectivity index (χ1) is 12.2. The maximum Gasteiger partial charge on any atom is 0.260 e. The quantitative estimate of drug-likeness (QED) is 0.804. The van der Waals surface area contributed by atoms with Gasteiger partial charge in [0.1, 0.15) is 5.75 Å². The van der Waals surface area contributed by atoms with E-state index >= 15 is 0 Å². The zero-order chi connectivity index (χ0) is 19.3. The van der Waals surface area contributed by atoms with Gasteiger partial charge in [-0.15, -0.1) is 0 Å². The fourth-order valence-corrected chi connectivity index (χ4v) is 2.96. The fourth-order valence-electron chi connectivity index (χ4n) is 2.44. The second-order valence-electron chi connectivity index (χ2n) is 6.08. The fraction of sp³-hybridized carbons (Fsp3) is 0.316. The van der Waals surface area contributed by atoms with Crippen LogP contribution in [0.2, 0.25) is 0 Å². The van der Waals surface area contributed by atoms with Crippen molar-refractivity contribution in [3.05, 3.63) is 59.7 Å². The number of nitrogens with two attached hydrogens (primary N) is 1. The molecule has 2 N–H and O–H groups in total. The van der Waals surface area contributed by atoms with Crippen molar-refractivity contribution < 1.29 is 17.9 Å². The predicted octanol–water partition coefficient (Wildman–Crippen LogP) is 2.49. The largest absolute Gasteiger partial charge is 0.484 e. The molecule has 140 valence electrons. The monoisotopic (exact) mass is 376 g/mol. The van der Waals surface area contributed by atoms with Gasteiger partial charge in [0.15, 0.2) is 6.61 Å². The molecule has 0 fully saturated rings. The number of rotatable bonds is 7. The molecule has 2 rings (SSSR count). The molecule has 2 aromatic rings. The third kappa shape index (κ3) is 5.06. The Morgan fingerprint density at radius 2 is 1.69 bits per heavy atom. The van der Waals surface area contributed by atoms with Crippen LogP contribution in [0.15, 0.2) is 53.4 Å². The zero-order valence-corrected chi connectivity index (χ0v) is 16.0. The molecule has 0 saturated carbocycles. The highest BCUT2D eigenvalue weighted by atomic mass is 32.2. The topological polar surface area (TPSA) is 89.7 Å². The zero-order valence-electron chi connectivity index (χ0n) is 15.2. The second-order valence-corrected chi connectivity index (χ2v) is 7.64. The Labute approximate surface area is 154 Å². The first kappa shape index (κ1) is 19.9. The number of nitrogens with zero attached hydrogens (tertiary/aromatic N) is 1. The van der Waals surface area contributed by atoms with Crippen LogP contribution in [0.1, 0.15) is 31.0 Å². The van der Waals surface area contributed by atoms with E-state index in [1.807, 2.05) is 31.2 Å². The van der Waals surface area contributed by atoms with Crippen molar-refractivity contribution in [1.29, 1.82) is 0 Å². The molecule has 0 aliphatic heterocycles. The molecule has 7 heteroatoms. The first-order valence-electron chi connectivity index (χ1n) is 8.32. The Hall–Kier alpha value is -2.38. The molecule has 26 heavy (non-hydrogen) atoms. The lowest BCUT2D eigenvalue weighted by molar-refractivity contribution is -0.134. The molecule has 0 heterocycles. The summed E-state index contributed by atoms with van der Waals surface area (Å²) in [7, 11) is -2.04. The standard InChI is InChI=1S/C19H24N2O4S/c1-4-15-5-9-17(10-6-15)25-13-19(22)21(3)14(2)16-7-11-18(12-8-16)26(20,23)24/h5-12,14H,4,13H2,1-3H3,(H2,20,23,24). The molecule has 0 aliphatic rings. The highest BCUT2D eigenvalue weighted by Gasteiger charge is 2.18. The van der Waals surface area contributed by atoms with Crippen LogP contribution >= 0.6 is 0 Å². The highest BCUT2D eigenvalue weighted by Crippen LogP contribution is 2.21. The van der Waals surface area contributed by atoms with Crippen LogP contribution in [0.4, 0.5) is 0 Å². The first-order valence-corrected chi connectivity index (χ1v) is 9.87. The van der Waals surface area contributed by atoms with E-state index in [0.717, 1.165) is 12.0 Å². The number of benzene rings is 2. The van der Waals surface area contributed by atoms with Gasteiger partial charge < -0.3 is 9.64 Å². The van der Waals surface area contributed by atoms with Crippen molar-refractivity contribution in [1.82, 2.24) is 4.90 Å². The summed E-state index contributed by atoms with van der Waals surface area (Å²) in [5.41, 5.74) is 2.01.